The average Bonchev–Trinajstić information content (AvgIpc) is 3.28. The maximum Gasteiger partial charge on any atom is 0.419 e. The zero-order valence-electron chi connectivity index (χ0n) is 17.5. The number of benzene rings is 2. The van der Waals surface area contributed by atoms with E-state index in [-0.39, 0.29) is 6.09 Å². The minimum atomic E-state index is -0.574. The zero-order chi connectivity index (χ0) is 20.6. The molecule has 1 aliphatic heterocycles. The van der Waals surface area contributed by atoms with E-state index in [1.165, 1.54) is 11.1 Å². The second-order valence-corrected chi connectivity index (χ2v) is 8.46. The van der Waals surface area contributed by atoms with Crippen molar-refractivity contribution in [3.8, 4) is 17.0 Å². The normalized spacial score (nSPS) is 13.5. The first kappa shape index (κ1) is 19.5. The van der Waals surface area contributed by atoms with Crippen LogP contribution in [0, 0.1) is 0 Å². The molecule has 0 radical (unpaired) electrons. The number of ether oxygens (including phenoxy) is 2. The lowest BCUT2D eigenvalue weighted by atomic mass is 10.00. The van der Waals surface area contributed by atoms with Gasteiger partial charge in [0.25, 0.3) is 0 Å². The van der Waals surface area contributed by atoms with Gasteiger partial charge in [0.2, 0.25) is 0 Å². The zero-order valence-corrected chi connectivity index (χ0v) is 17.5. The van der Waals surface area contributed by atoms with Crippen LogP contribution in [-0.2, 0) is 17.8 Å². The van der Waals surface area contributed by atoms with Gasteiger partial charge in [0.1, 0.15) is 11.4 Å². The van der Waals surface area contributed by atoms with Gasteiger partial charge in [-0.15, -0.1) is 0 Å². The summed E-state index contributed by atoms with van der Waals surface area (Å²) in [5.41, 5.74) is 4.55. The smallest absolute Gasteiger partial charge is 0.419 e. The molecule has 2 heterocycles. The Bertz CT molecular complexity index is 1060. The van der Waals surface area contributed by atoms with Crippen LogP contribution >= 0.6 is 0 Å². The highest BCUT2D eigenvalue weighted by Crippen LogP contribution is 2.37. The van der Waals surface area contributed by atoms with Crippen LogP contribution in [-0.4, -0.2) is 22.9 Å². The third-order valence-corrected chi connectivity index (χ3v) is 4.97. The summed E-state index contributed by atoms with van der Waals surface area (Å²) in [6.07, 6.45) is 0.580. The van der Waals surface area contributed by atoms with Crippen molar-refractivity contribution < 1.29 is 14.3 Å². The molecule has 1 aromatic heterocycles. The Hall–Kier alpha value is -2.79. The van der Waals surface area contributed by atoms with Gasteiger partial charge in [0.15, 0.2) is 0 Å². The van der Waals surface area contributed by atoms with Gasteiger partial charge >= 0.3 is 6.09 Å². The van der Waals surface area contributed by atoms with Crippen LogP contribution in [0.25, 0.3) is 22.2 Å². The van der Waals surface area contributed by atoms with Crippen LogP contribution in [0.5, 0.6) is 5.75 Å². The first-order valence-corrected chi connectivity index (χ1v) is 10.2. The van der Waals surface area contributed by atoms with Crippen molar-refractivity contribution in [3.63, 3.8) is 0 Å². The maximum atomic E-state index is 13.2. The fraction of sp³-hybridized carbons (Fsp3) is 0.375. The molecule has 0 unspecified atom stereocenters. The monoisotopic (exact) mass is 392 g/mol. The quantitative estimate of drug-likeness (QED) is 0.638. The lowest BCUT2D eigenvalue weighted by Crippen LogP contribution is -2.27. The third kappa shape index (κ3) is 3.87. The summed E-state index contributed by atoms with van der Waals surface area (Å²) in [6, 6.07) is 14.1. The molecule has 2 aromatic carbocycles. The van der Waals surface area contributed by atoms with Gasteiger partial charge < -0.3 is 14.8 Å². The summed E-state index contributed by atoms with van der Waals surface area (Å²) in [4.78, 5) is 13.2. The summed E-state index contributed by atoms with van der Waals surface area (Å²) in [5.74, 6) is 0.838. The molecule has 5 nitrogen and oxygen atoms in total. The molecule has 0 saturated heterocycles. The maximum absolute atomic E-state index is 13.2. The lowest BCUT2D eigenvalue weighted by molar-refractivity contribution is 0.0547. The Labute approximate surface area is 171 Å². The summed E-state index contributed by atoms with van der Waals surface area (Å²) < 4.78 is 13.4. The second-order valence-electron chi connectivity index (χ2n) is 8.46. The summed E-state index contributed by atoms with van der Waals surface area (Å²) in [6.45, 7) is 10.00. The summed E-state index contributed by atoms with van der Waals surface area (Å²) >= 11 is 0. The number of carbonyl (C=O) groups is 1. The number of hydrogen-bond donors (Lipinski definition) is 1. The number of para-hydroxylation sites is 1. The molecule has 0 amide bonds. The van der Waals surface area contributed by atoms with E-state index in [1.807, 2.05) is 45.0 Å². The highest BCUT2D eigenvalue weighted by molar-refractivity contribution is 5.97. The number of nitrogens with one attached hydrogen (secondary N) is 1. The Kier molecular flexibility index (Phi) is 5.09. The van der Waals surface area contributed by atoms with Crippen molar-refractivity contribution in [1.29, 1.82) is 0 Å². The van der Waals surface area contributed by atoms with E-state index in [4.69, 9.17) is 9.47 Å². The van der Waals surface area contributed by atoms with Gasteiger partial charge in [-0.3, -0.25) is 0 Å². The molecule has 1 aliphatic rings. The Morgan fingerprint density at radius 3 is 2.69 bits per heavy atom. The molecule has 0 fully saturated rings. The largest absolute Gasteiger partial charge is 0.494 e. The molecule has 1 N–H and O–H groups in total. The third-order valence-electron chi connectivity index (χ3n) is 4.97. The molecular formula is C24H28N2O3. The molecule has 152 valence electrons. The predicted octanol–water partition coefficient (Wildman–Crippen LogP) is 5.48. The van der Waals surface area contributed by atoms with E-state index in [9.17, 15) is 4.79 Å². The molecule has 3 aromatic rings. The van der Waals surface area contributed by atoms with Crippen LogP contribution in [0.3, 0.4) is 0 Å². The fourth-order valence-electron chi connectivity index (χ4n) is 3.78. The van der Waals surface area contributed by atoms with Crippen LogP contribution in [0.2, 0.25) is 0 Å². The van der Waals surface area contributed by atoms with Crippen molar-refractivity contribution >= 4 is 17.0 Å². The number of aromatic nitrogens is 1. The lowest BCUT2D eigenvalue weighted by Gasteiger charge is -2.21. The van der Waals surface area contributed by atoms with Crippen LogP contribution in [0.4, 0.5) is 4.79 Å². The fourth-order valence-corrected chi connectivity index (χ4v) is 3.78. The molecule has 4 rings (SSSR count). The van der Waals surface area contributed by atoms with Crippen molar-refractivity contribution in [2.45, 2.75) is 52.8 Å². The molecule has 0 saturated carbocycles. The molecule has 0 atom stereocenters. The van der Waals surface area contributed by atoms with E-state index in [1.54, 1.807) is 4.57 Å². The highest BCUT2D eigenvalue weighted by atomic mass is 16.6. The van der Waals surface area contributed by atoms with E-state index in [2.05, 4.69) is 30.4 Å². The van der Waals surface area contributed by atoms with Crippen LogP contribution in [0.15, 0.2) is 42.5 Å². The van der Waals surface area contributed by atoms with Gasteiger partial charge in [0, 0.05) is 24.0 Å². The number of carbonyl (C=O) groups excluding carboxylic acids is 1. The molecule has 0 aliphatic carbocycles. The molecule has 5 heteroatoms. The molecule has 0 spiro atoms. The highest BCUT2D eigenvalue weighted by Gasteiger charge is 2.26. The number of rotatable bonds is 4. The van der Waals surface area contributed by atoms with Gasteiger partial charge in [-0.1, -0.05) is 25.1 Å². The number of fused-ring (bicyclic) bond motifs is 2. The van der Waals surface area contributed by atoms with E-state index < -0.39 is 5.60 Å². The van der Waals surface area contributed by atoms with E-state index in [0.717, 1.165) is 47.4 Å². The Morgan fingerprint density at radius 2 is 1.93 bits per heavy atom. The van der Waals surface area contributed by atoms with Crippen LogP contribution in [0.1, 0.15) is 45.2 Å². The first-order chi connectivity index (χ1) is 13.9. The summed E-state index contributed by atoms with van der Waals surface area (Å²) in [5, 5.41) is 4.43. The van der Waals surface area contributed by atoms with Gasteiger partial charge in [-0.2, -0.15) is 0 Å². The Balaban J connectivity index is 1.91. The van der Waals surface area contributed by atoms with Crippen molar-refractivity contribution in [2.24, 2.45) is 0 Å². The number of hydrogen-bond acceptors (Lipinski definition) is 4. The first-order valence-electron chi connectivity index (χ1n) is 10.2. The minimum Gasteiger partial charge on any atom is -0.494 e. The van der Waals surface area contributed by atoms with Crippen molar-refractivity contribution in [2.75, 3.05) is 6.61 Å². The average molecular weight is 392 g/mol. The van der Waals surface area contributed by atoms with Crippen molar-refractivity contribution in [3.05, 3.63) is 53.6 Å². The molecular weight excluding hydrogens is 364 g/mol. The molecule has 0 bridgehead atoms. The number of nitrogens with zero attached hydrogens (tertiary/aromatic N) is 1. The topological polar surface area (TPSA) is 52.5 Å². The predicted molar refractivity (Wildman–Crippen MR) is 115 cm³/mol. The van der Waals surface area contributed by atoms with E-state index in [0.29, 0.717) is 6.61 Å². The minimum absolute atomic E-state index is 0.367. The molecule has 29 heavy (non-hydrogen) atoms. The Morgan fingerprint density at radius 1 is 1.14 bits per heavy atom. The van der Waals surface area contributed by atoms with E-state index >= 15 is 0 Å². The van der Waals surface area contributed by atoms with Crippen LogP contribution < -0.4 is 10.1 Å². The standard InChI is InChI=1S/C24H28N2O3/c1-5-10-28-18-11-17-14-25-15-20(17)19(13-18)22-12-16-8-6-7-9-21(16)26(22)23(27)29-24(2,3)4/h6-9,11-13,25H,5,10,14-15H2,1-4H3. The van der Waals surface area contributed by atoms with Gasteiger partial charge in [-0.25, -0.2) is 9.36 Å². The second kappa shape index (κ2) is 7.56. The van der Waals surface area contributed by atoms with Gasteiger partial charge in [-0.05, 0) is 62.6 Å². The van der Waals surface area contributed by atoms with Crippen molar-refractivity contribution in [1.82, 2.24) is 9.88 Å². The van der Waals surface area contributed by atoms with Gasteiger partial charge in [0.05, 0.1) is 17.8 Å². The summed E-state index contributed by atoms with van der Waals surface area (Å²) in [7, 11) is 0. The SMILES string of the molecule is CCCOc1cc2c(c(-c3cc4ccccc4n3C(=O)OC(C)(C)C)c1)CNC2.